The van der Waals surface area contributed by atoms with Crippen LogP contribution in [0.4, 0.5) is 0 Å². The minimum atomic E-state index is -0.761. The number of carbonyl (C=O) groups is 3. The summed E-state index contributed by atoms with van der Waals surface area (Å²) in [4.78, 5) is 37.7. The van der Waals surface area contributed by atoms with Crippen molar-refractivity contribution < 1.29 is 28.6 Å². The Bertz CT molecular complexity index is 824. The van der Waals surface area contributed by atoms with Crippen LogP contribution in [0.3, 0.4) is 0 Å². The lowest BCUT2D eigenvalue weighted by molar-refractivity contribution is -0.167. The molecular formula is C48H92O6. The normalized spacial score (nSPS) is 12.1. The van der Waals surface area contributed by atoms with E-state index in [0.717, 1.165) is 69.6 Å². The zero-order valence-corrected chi connectivity index (χ0v) is 36.8. The first-order chi connectivity index (χ1) is 26.2. The van der Waals surface area contributed by atoms with Crippen LogP contribution in [0.2, 0.25) is 0 Å². The number of carbonyl (C=O) groups excluding carboxylic acids is 3. The maximum atomic E-state index is 12.7. The van der Waals surface area contributed by atoms with Gasteiger partial charge in [-0.15, -0.1) is 0 Å². The Morgan fingerprint density at radius 2 is 0.611 bits per heavy atom. The fourth-order valence-electron chi connectivity index (χ4n) is 7.11. The van der Waals surface area contributed by atoms with Crippen molar-refractivity contribution in [2.24, 2.45) is 11.8 Å². The van der Waals surface area contributed by atoms with E-state index in [1.807, 2.05) is 0 Å². The summed E-state index contributed by atoms with van der Waals surface area (Å²) in [5, 5.41) is 0. The molecule has 0 fully saturated rings. The SMILES string of the molecule is CCCCCCCCCCCCCCCCCC(=O)OC[C@@H](COC(=O)CCCCCCCCCCC(C)C)OC(=O)CCCCCCCCCC(C)C. The number of esters is 3. The first kappa shape index (κ1) is 52.4. The fraction of sp³-hybridized carbons (Fsp3) is 0.938. The van der Waals surface area contributed by atoms with Crippen molar-refractivity contribution in [1.82, 2.24) is 0 Å². The Hall–Kier alpha value is -1.59. The van der Waals surface area contributed by atoms with Crippen molar-refractivity contribution in [3.05, 3.63) is 0 Å². The van der Waals surface area contributed by atoms with E-state index in [0.29, 0.717) is 19.3 Å². The molecule has 0 bridgehead atoms. The minimum Gasteiger partial charge on any atom is -0.462 e. The number of rotatable bonds is 42. The highest BCUT2D eigenvalue weighted by Crippen LogP contribution is 2.17. The molecule has 0 spiro atoms. The molecular weight excluding hydrogens is 673 g/mol. The van der Waals surface area contributed by atoms with Crippen molar-refractivity contribution in [3.8, 4) is 0 Å². The van der Waals surface area contributed by atoms with E-state index < -0.39 is 6.10 Å². The maximum absolute atomic E-state index is 12.7. The van der Waals surface area contributed by atoms with E-state index in [1.165, 1.54) is 148 Å². The van der Waals surface area contributed by atoms with Crippen molar-refractivity contribution in [2.45, 2.75) is 265 Å². The Morgan fingerprint density at radius 3 is 0.907 bits per heavy atom. The van der Waals surface area contributed by atoms with Crippen LogP contribution < -0.4 is 0 Å². The third-order valence-electron chi connectivity index (χ3n) is 10.7. The van der Waals surface area contributed by atoms with Crippen LogP contribution in [0.1, 0.15) is 259 Å². The molecule has 0 aliphatic carbocycles. The van der Waals surface area contributed by atoms with Gasteiger partial charge in [0, 0.05) is 19.3 Å². The third-order valence-corrected chi connectivity index (χ3v) is 10.7. The summed E-state index contributed by atoms with van der Waals surface area (Å²) in [5.74, 6) is 0.715. The van der Waals surface area contributed by atoms with Gasteiger partial charge < -0.3 is 14.2 Å². The van der Waals surface area contributed by atoms with E-state index in [-0.39, 0.29) is 31.1 Å². The number of hydrogen-bond donors (Lipinski definition) is 0. The van der Waals surface area contributed by atoms with Crippen LogP contribution in [0.25, 0.3) is 0 Å². The summed E-state index contributed by atoms with van der Waals surface area (Å²) in [6.07, 6.45) is 39.6. The van der Waals surface area contributed by atoms with E-state index in [2.05, 4.69) is 34.6 Å². The van der Waals surface area contributed by atoms with Crippen molar-refractivity contribution >= 4 is 17.9 Å². The second-order valence-electron chi connectivity index (χ2n) is 17.3. The number of unbranched alkanes of at least 4 members (excludes halogenated alkanes) is 27. The molecule has 0 amide bonds. The lowest BCUT2D eigenvalue weighted by atomic mass is 10.0. The predicted octanol–water partition coefficient (Wildman–Crippen LogP) is 15.0. The molecule has 1 atom stereocenters. The molecule has 6 heteroatoms. The zero-order valence-electron chi connectivity index (χ0n) is 36.8. The minimum absolute atomic E-state index is 0.0653. The highest BCUT2D eigenvalue weighted by molar-refractivity contribution is 5.71. The smallest absolute Gasteiger partial charge is 0.306 e. The fourth-order valence-corrected chi connectivity index (χ4v) is 7.11. The largest absolute Gasteiger partial charge is 0.462 e. The van der Waals surface area contributed by atoms with Gasteiger partial charge in [0.2, 0.25) is 0 Å². The topological polar surface area (TPSA) is 78.9 Å². The van der Waals surface area contributed by atoms with Crippen LogP contribution in [-0.4, -0.2) is 37.2 Å². The molecule has 320 valence electrons. The summed E-state index contributed by atoms with van der Waals surface area (Å²) < 4.78 is 16.7. The van der Waals surface area contributed by atoms with Gasteiger partial charge in [0.05, 0.1) is 0 Å². The van der Waals surface area contributed by atoms with E-state index in [4.69, 9.17) is 14.2 Å². The Morgan fingerprint density at radius 1 is 0.352 bits per heavy atom. The molecule has 0 heterocycles. The van der Waals surface area contributed by atoms with Crippen LogP contribution in [0.5, 0.6) is 0 Å². The van der Waals surface area contributed by atoms with E-state index >= 15 is 0 Å². The zero-order chi connectivity index (χ0) is 39.7. The van der Waals surface area contributed by atoms with Gasteiger partial charge in [0.25, 0.3) is 0 Å². The van der Waals surface area contributed by atoms with Crippen LogP contribution in [0.15, 0.2) is 0 Å². The first-order valence-corrected chi connectivity index (χ1v) is 23.7. The maximum Gasteiger partial charge on any atom is 0.306 e. The van der Waals surface area contributed by atoms with Gasteiger partial charge in [-0.1, -0.05) is 221 Å². The van der Waals surface area contributed by atoms with Gasteiger partial charge >= 0.3 is 17.9 Å². The molecule has 0 aliphatic rings. The molecule has 0 aromatic rings. The molecule has 0 saturated carbocycles. The first-order valence-electron chi connectivity index (χ1n) is 23.7. The van der Waals surface area contributed by atoms with Crippen LogP contribution >= 0.6 is 0 Å². The Balaban J connectivity index is 4.29. The highest BCUT2D eigenvalue weighted by atomic mass is 16.6. The molecule has 6 nitrogen and oxygen atoms in total. The average Bonchev–Trinajstić information content (AvgIpc) is 3.14. The quantitative estimate of drug-likeness (QED) is 0.0350. The highest BCUT2D eigenvalue weighted by Gasteiger charge is 2.19. The Labute approximate surface area is 336 Å². The summed E-state index contributed by atoms with van der Waals surface area (Å²) in [5.41, 5.74) is 0. The molecule has 0 radical (unpaired) electrons. The second kappa shape index (κ2) is 41.1. The number of ether oxygens (including phenoxy) is 3. The third kappa shape index (κ3) is 41.6. The molecule has 0 aromatic heterocycles. The summed E-state index contributed by atoms with van der Waals surface area (Å²) in [6.45, 7) is 11.3. The Kier molecular flexibility index (Phi) is 39.8. The summed E-state index contributed by atoms with van der Waals surface area (Å²) >= 11 is 0. The van der Waals surface area contributed by atoms with E-state index in [9.17, 15) is 14.4 Å². The van der Waals surface area contributed by atoms with Gasteiger partial charge in [-0.2, -0.15) is 0 Å². The summed E-state index contributed by atoms with van der Waals surface area (Å²) in [6, 6.07) is 0. The molecule has 0 saturated heterocycles. The molecule has 0 aromatic carbocycles. The van der Waals surface area contributed by atoms with Crippen LogP contribution in [0, 0.1) is 11.8 Å². The molecule has 0 unspecified atom stereocenters. The lowest BCUT2D eigenvalue weighted by Gasteiger charge is -2.18. The van der Waals surface area contributed by atoms with Crippen LogP contribution in [-0.2, 0) is 28.6 Å². The van der Waals surface area contributed by atoms with Crippen molar-refractivity contribution in [3.63, 3.8) is 0 Å². The molecule has 0 N–H and O–H groups in total. The number of hydrogen-bond acceptors (Lipinski definition) is 6. The van der Waals surface area contributed by atoms with Gasteiger partial charge in [-0.05, 0) is 31.1 Å². The van der Waals surface area contributed by atoms with Gasteiger partial charge in [-0.25, -0.2) is 0 Å². The predicted molar refractivity (Wildman–Crippen MR) is 229 cm³/mol. The summed E-state index contributed by atoms with van der Waals surface area (Å²) in [7, 11) is 0. The van der Waals surface area contributed by atoms with Crippen molar-refractivity contribution in [1.29, 1.82) is 0 Å². The standard InChI is InChI=1S/C48H92O6/c1-6-7-8-9-10-11-12-13-14-15-16-17-23-28-33-38-46(49)52-41-45(54-48(51)40-35-30-25-20-22-27-32-37-44(4)5)42-53-47(50)39-34-29-24-19-18-21-26-31-36-43(2)3/h43-45H,6-42H2,1-5H3/t45-/m0/s1. The van der Waals surface area contributed by atoms with Crippen molar-refractivity contribution in [2.75, 3.05) is 13.2 Å². The average molecular weight is 765 g/mol. The van der Waals surface area contributed by atoms with Gasteiger partial charge in [-0.3, -0.25) is 14.4 Å². The monoisotopic (exact) mass is 765 g/mol. The molecule has 0 aliphatic heterocycles. The van der Waals surface area contributed by atoms with Gasteiger partial charge in [0.15, 0.2) is 6.10 Å². The second-order valence-corrected chi connectivity index (χ2v) is 17.3. The molecule has 0 rings (SSSR count). The van der Waals surface area contributed by atoms with Gasteiger partial charge in [0.1, 0.15) is 13.2 Å². The molecule has 54 heavy (non-hydrogen) atoms. The van der Waals surface area contributed by atoms with E-state index in [1.54, 1.807) is 0 Å². The lowest BCUT2D eigenvalue weighted by Crippen LogP contribution is -2.30.